The van der Waals surface area contributed by atoms with Crippen LogP contribution in [0.1, 0.15) is 95.2 Å². The number of aldehydes is 1. The molecule has 8 atom stereocenters. The number of phenols is 1. The van der Waals surface area contributed by atoms with Gasteiger partial charge in [-0.1, -0.05) is 119 Å². The van der Waals surface area contributed by atoms with Crippen LogP contribution in [-0.2, 0) is 57.6 Å². The van der Waals surface area contributed by atoms with Gasteiger partial charge in [-0.3, -0.25) is 38.6 Å². The molecule has 25 heteroatoms. The van der Waals surface area contributed by atoms with Gasteiger partial charge in [0.15, 0.2) is 5.96 Å². The number of nitrogens with two attached hydrogens (primary N) is 5. The number of primary amides is 1. The van der Waals surface area contributed by atoms with E-state index >= 15 is 4.79 Å². The number of carbonyl (C=O) groups excluding carboxylic acids is 9. The predicted molar refractivity (Wildman–Crippen MR) is 313 cm³/mol. The third-order valence-electron chi connectivity index (χ3n) is 13.9. The Bertz CT molecular complexity index is 2870. The second-order valence-corrected chi connectivity index (χ2v) is 20.9. The molecule has 4 aromatic rings. The van der Waals surface area contributed by atoms with Crippen LogP contribution in [0.3, 0.4) is 0 Å². The minimum Gasteiger partial charge on any atom is -0.508 e. The van der Waals surface area contributed by atoms with Crippen LogP contribution in [0.2, 0.25) is 0 Å². The zero-order valence-corrected chi connectivity index (χ0v) is 47.3. The van der Waals surface area contributed by atoms with Crippen LogP contribution in [0.25, 0.3) is 10.8 Å². The standard InChI is InChI=1S/C58H81N15O10/c1-4-5-18-41(34-74)72-58(83)71-50(51(60)77)45(65-35(2)3)33-49(76)66-46(30-36-14-7-6-8-15-36)54(80)69-47(31-37-22-25-42(75)26-23-37)55(81)68-43(19-11-12-27-59)52(78)67-44(20-13-28-64-57(61)62)53(79)70-48(56(82)73(72)63)32-38-21-24-39-16-9-10-17-40(39)29-38/h6-10,14-17,21-26,29,34-35,41,43-48,50,65,75H,4-5,11-13,18-20,27-28,30-33,59,63H2,1-3H3,(H2,60,77)(H,66,76)(H,67,78)(H,68,81)(H,69,80)(H,70,79)(H,71,83)(H4,61,62,64)/t41?,43?,44?,45?,46?,47?,48?,50-/m0/s1. The number of nitrogens with zero attached hydrogens (tertiary/aromatic N) is 3. The first-order valence-corrected chi connectivity index (χ1v) is 28.0. The maximum absolute atomic E-state index is 15.2. The van der Waals surface area contributed by atoms with Crippen molar-refractivity contribution < 1.29 is 48.3 Å². The number of benzene rings is 4. The number of unbranched alkanes of at least 4 members (excludes halogenated alkanes) is 2. The maximum Gasteiger partial charge on any atom is 0.338 e. The molecule has 25 nitrogen and oxygen atoms in total. The van der Waals surface area contributed by atoms with E-state index in [1.54, 1.807) is 68.4 Å². The largest absolute Gasteiger partial charge is 0.508 e. The number of aromatic hydroxyl groups is 1. The molecule has 0 bridgehead atoms. The number of rotatable bonds is 22. The Morgan fingerprint density at radius 1 is 0.675 bits per heavy atom. The van der Waals surface area contributed by atoms with Gasteiger partial charge in [0.1, 0.15) is 54.3 Å². The Balaban J connectivity index is 1.71. The molecular formula is C58H81N15O10. The van der Waals surface area contributed by atoms with Gasteiger partial charge in [0.2, 0.25) is 35.4 Å². The van der Waals surface area contributed by atoms with E-state index in [4.69, 9.17) is 28.8 Å². The molecule has 1 heterocycles. The normalized spacial score (nSPS) is 21.4. The van der Waals surface area contributed by atoms with Gasteiger partial charge in [0.05, 0.1) is 0 Å². The maximum atomic E-state index is 15.2. The number of aliphatic imine (C=N–C) groups is 1. The third-order valence-corrected chi connectivity index (χ3v) is 13.9. The molecule has 18 N–H and O–H groups in total. The van der Waals surface area contributed by atoms with Crippen molar-refractivity contribution in [2.24, 2.45) is 33.8 Å². The molecule has 1 aliphatic heterocycles. The monoisotopic (exact) mass is 1150 g/mol. The fourth-order valence-corrected chi connectivity index (χ4v) is 9.62. The van der Waals surface area contributed by atoms with Crippen LogP contribution in [-0.4, -0.2) is 142 Å². The fraction of sp³-hybridized carbons (Fsp3) is 0.448. The van der Waals surface area contributed by atoms with Gasteiger partial charge in [-0.15, -0.1) is 0 Å². The second kappa shape index (κ2) is 32.7. The highest BCUT2D eigenvalue weighted by Crippen LogP contribution is 2.20. The van der Waals surface area contributed by atoms with E-state index in [1.807, 2.05) is 37.3 Å². The van der Waals surface area contributed by atoms with E-state index in [9.17, 15) is 43.5 Å². The van der Waals surface area contributed by atoms with Crippen molar-refractivity contribution in [2.45, 2.75) is 152 Å². The summed E-state index contributed by atoms with van der Waals surface area (Å²) in [5, 5.41) is 32.2. The van der Waals surface area contributed by atoms with Crippen molar-refractivity contribution in [3.63, 3.8) is 0 Å². The summed E-state index contributed by atoms with van der Waals surface area (Å²) in [5.74, 6) is -0.0772. The molecular weight excluding hydrogens is 1070 g/mol. The molecule has 9 amide bonds. The summed E-state index contributed by atoms with van der Waals surface area (Å²) in [6.07, 6.45) is 0.838. The molecule has 1 aliphatic rings. The van der Waals surface area contributed by atoms with E-state index in [-0.39, 0.29) is 69.7 Å². The molecule has 4 aromatic carbocycles. The molecule has 448 valence electrons. The summed E-state index contributed by atoms with van der Waals surface area (Å²) in [4.78, 5) is 135. The Labute approximate surface area is 483 Å². The average Bonchev–Trinajstić information content (AvgIpc) is 3.67. The topological polar surface area (TPSA) is 407 Å². The lowest BCUT2D eigenvalue weighted by molar-refractivity contribution is -0.153. The lowest BCUT2D eigenvalue weighted by Crippen LogP contribution is -2.68. The summed E-state index contributed by atoms with van der Waals surface area (Å²) >= 11 is 0. The summed E-state index contributed by atoms with van der Waals surface area (Å²) in [7, 11) is 0. The molecule has 0 radical (unpaired) electrons. The number of nitrogens with one attached hydrogen (secondary N) is 7. The van der Waals surface area contributed by atoms with E-state index < -0.39 is 108 Å². The Hall–Kier alpha value is -8.68. The molecule has 0 aliphatic carbocycles. The zero-order valence-electron chi connectivity index (χ0n) is 47.3. The summed E-state index contributed by atoms with van der Waals surface area (Å²) < 4.78 is 0. The first-order valence-electron chi connectivity index (χ1n) is 28.0. The second-order valence-electron chi connectivity index (χ2n) is 20.9. The van der Waals surface area contributed by atoms with Crippen molar-refractivity contribution in [1.82, 2.24) is 47.3 Å². The summed E-state index contributed by atoms with van der Waals surface area (Å²) in [6, 6.07) is 13.7. The van der Waals surface area contributed by atoms with Gasteiger partial charge in [0, 0.05) is 44.3 Å². The molecule has 0 saturated carbocycles. The van der Waals surface area contributed by atoms with Crippen molar-refractivity contribution in [2.75, 3.05) is 13.1 Å². The summed E-state index contributed by atoms with van der Waals surface area (Å²) in [5.41, 5.74) is 24.8. The van der Waals surface area contributed by atoms with E-state index in [2.05, 4.69) is 42.2 Å². The molecule has 7 unspecified atom stereocenters. The zero-order chi connectivity index (χ0) is 60.6. The highest BCUT2D eigenvalue weighted by molar-refractivity contribution is 5.98. The number of carbonyl (C=O) groups is 9. The van der Waals surface area contributed by atoms with Crippen molar-refractivity contribution in [3.8, 4) is 5.75 Å². The smallest absolute Gasteiger partial charge is 0.338 e. The van der Waals surface area contributed by atoms with E-state index in [1.165, 1.54) is 12.1 Å². The van der Waals surface area contributed by atoms with E-state index in [0.29, 0.717) is 58.8 Å². The quantitative estimate of drug-likeness (QED) is 0.0125. The average molecular weight is 1150 g/mol. The van der Waals surface area contributed by atoms with Crippen LogP contribution in [0, 0.1) is 0 Å². The number of fused-ring (bicyclic) bond motifs is 1. The lowest BCUT2D eigenvalue weighted by atomic mass is 10.00. The van der Waals surface area contributed by atoms with Gasteiger partial charge < -0.3 is 70.1 Å². The van der Waals surface area contributed by atoms with Gasteiger partial charge in [-0.25, -0.2) is 15.6 Å². The fourth-order valence-electron chi connectivity index (χ4n) is 9.62. The third kappa shape index (κ3) is 20.4. The minimum atomic E-state index is -1.75. The van der Waals surface area contributed by atoms with Crippen LogP contribution >= 0.6 is 0 Å². The molecule has 83 heavy (non-hydrogen) atoms. The SMILES string of the molecule is CCCCC(C=O)N1C(=O)N[C@H](C(N)=O)C(NC(C)C)CC(=O)NC(Cc2ccccc2)C(=O)NC(Cc2ccc(O)cc2)C(=O)NC(CCCCN)C(=O)NC(CCCN=C(N)N)C(=O)NC(Cc2ccc3ccccc3c2)C(=O)N1N. The number of hydrazine groups is 2. The number of amides is 9. The lowest BCUT2D eigenvalue weighted by Gasteiger charge is -2.38. The number of hydrogen-bond acceptors (Lipinski definition) is 14. The van der Waals surface area contributed by atoms with E-state index in [0.717, 1.165) is 10.8 Å². The van der Waals surface area contributed by atoms with Gasteiger partial charge >= 0.3 is 6.03 Å². The first-order chi connectivity index (χ1) is 39.7. The first kappa shape index (κ1) is 65.1. The Kier molecular flexibility index (Phi) is 25.6. The number of hydrogen-bond donors (Lipinski definition) is 13. The number of guanidine groups is 1. The van der Waals surface area contributed by atoms with Crippen LogP contribution in [0.4, 0.5) is 4.79 Å². The van der Waals surface area contributed by atoms with Crippen molar-refractivity contribution in [3.05, 3.63) is 114 Å². The van der Waals surface area contributed by atoms with Crippen molar-refractivity contribution >= 4 is 70.4 Å². The Morgan fingerprint density at radius 2 is 1.22 bits per heavy atom. The van der Waals surface area contributed by atoms with Gasteiger partial charge in [-0.05, 0) is 84.7 Å². The highest BCUT2D eigenvalue weighted by Gasteiger charge is 2.40. The van der Waals surface area contributed by atoms with Crippen LogP contribution in [0.15, 0.2) is 102 Å². The number of urea groups is 1. The molecule has 0 spiro atoms. The molecule has 5 rings (SSSR count). The van der Waals surface area contributed by atoms with Crippen molar-refractivity contribution in [1.29, 1.82) is 0 Å². The van der Waals surface area contributed by atoms with Crippen LogP contribution in [0.5, 0.6) is 5.75 Å². The molecule has 0 aromatic heterocycles. The molecule has 1 saturated heterocycles. The minimum absolute atomic E-state index is 0.000587. The summed E-state index contributed by atoms with van der Waals surface area (Å²) in [6.45, 7) is 5.49. The Morgan fingerprint density at radius 3 is 1.81 bits per heavy atom. The molecule has 1 fully saturated rings. The number of phenolic OH excluding ortho intramolecular Hbond substituents is 1. The predicted octanol–water partition coefficient (Wildman–Crippen LogP) is 0.191. The highest BCUT2D eigenvalue weighted by atomic mass is 16.3. The van der Waals surface area contributed by atoms with Crippen LogP contribution < -0.4 is 66.0 Å². The van der Waals surface area contributed by atoms with Gasteiger partial charge in [-0.2, -0.15) is 5.12 Å². The van der Waals surface area contributed by atoms with Gasteiger partial charge in [0.25, 0.3) is 5.91 Å².